The third-order valence-corrected chi connectivity index (χ3v) is 1.60. The number of aromatic nitrogens is 1. The Morgan fingerprint density at radius 1 is 1.33 bits per heavy atom. The van der Waals surface area contributed by atoms with Crippen molar-refractivity contribution in [3.8, 4) is 5.88 Å². The number of nitrogens with zero attached hydrogens (tertiary/aromatic N) is 1. The van der Waals surface area contributed by atoms with Crippen LogP contribution in [0.25, 0.3) is 0 Å². The van der Waals surface area contributed by atoms with Gasteiger partial charge in [-0.15, -0.1) is 0 Å². The lowest BCUT2D eigenvalue weighted by molar-refractivity contribution is -0.132. The minimum absolute atomic E-state index is 0.216. The van der Waals surface area contributed by atoms with Crippen molar-refractivity contribution in [3.63, 3.8) is 0 Å². The number of hydrogen-bond acceptors (Lipinski definition) is 4. The summed E-state index contributed by atoms with van der Waals surface area (Å²) in [5.74, 6) is -0.0798. The number of anilines is 1. The van der Waals surface area contributed by atoms with Crippen molar-refractivity contribution in [1.82, 2.24) is 4.98 Å². The Kier molecular flexibility index (Phi) is 3.38. The molecule has 0 saturated carbocycles. The summed E-state index contributed by atoms with van der Waals surface area (Å²) in [6.45, 7) is 4.45. The van der Waals surface area contributed by atoms with E-state index in [0.29, 0.717) is 5.82 Å². The Balaban J connectivity index is 2.94. The largest absolute Gasteiger partial charge is 0.407 e. The van der Waals surface area contributed by atoms with Crippen LogP contribution in [0.15, 0.2) is 12.1 Å². The molecule has 1 aromatic heterocycles. The molecule has 0 bridgehead atoms. The van der Waals surface area contributed by atoms with Gasteiger partial charge in [-0.25, -0.2) is 0 Å². The summed E-state index contributed by atoms with van der Waals surface area (Å²) in [6.07, 6.45) is 0. The van der Waals surface area contributed by atoms with Crippen molar-refractivity contribution in [2.45, 2.75) is 20.8 Å². The van der Waals surface area contributed by atoms with E-state index >= 15 is 0 Å². The Hall–Kier alpha value is -1.91. The maximum Gasteiger partial charge on any atom is 0.309 e. The maximum absolute atomic E-state index is 10.8. The highest BCUT2D eigenvalue weighted by Gasteiger charge is 2.06. The number of hydrogen-bond donors (Lipinski definition) is 1. The van der Waals surface area contributed by atoms with Crippen LogP contribution in [-0.4, -0.2) is 16.9 Å². The molecule has 1 heterocycles. The summed E-state index contributed by atoms with van der Waals surface area (Å²) in [5.41, 5.74) is 0.735. The highest BCUT2D eigenvalue weighted by Crippen LogP contribution is 2.17. The van der Waals surface area contributed by atoms with Gasteiger partial charge in [-0.3, -0.25) is 9.59 Å². The first-order valence-corrected chi connectivity index (χ1v) is 4.42. The van der Waals surface area contributed by atoms with E-state index < -0.39 is 5.97 Å². The van der Waals surface area contributed by atoms with Crippen molar-refractivity contribution >= 4 is 17.7 Å². The number of amides is 1. The minimum atomic E-state index is -0.439. The van der Waals surface area contributed by atoms with Crippen molar-refractivity contribution in [1.29, 1.82) is 0 Å². The first-order valence-electron chi connectivity index (χ1n) is 4.42. The average Bonchev–Trinajstić information content (AvgIpc) is 2.09. The number of ether oxygens (including phenoxy) is 1. The number of carbonyl (C=O) groups is 2. The van der Waals surface area contributed by atoms with Gasteiger partial charge < -0.3 is 10.1 Å². The molecule has 0 unspecified atom stereocenters. The highest BCUT2D eigenvalue weighted by molar-refractivity contribution is 5.87. The lowest BCUT2D eigenvalue weighted by Gasteiger charge is -2.06. The first-order chi connectivity index (χ1) is 6.99. The fourth-order valence-electron chi connectivity index (χ4n) is 0.999. The number of nitrogens with one attached hydrogen (secondary N) is 1. The molecule has 0 aromatic carbocycles. The van der Waals surface area contributed by atoms with Gasteiger partial charge >= 0.3 is 5.97 Å². The van der Waals surface area contributed by atoms with Gasteiger partial charge in [0.05, 0.1) is 0 Å². The lowest BCUT2D eigenvalue weighted by Crippen LogP contribution is -2.10. The topological polar surface area (TPSA) is 68.3 Å². The van der Waals surface area contributed by atoms with Crippen LogP contribution in [0.2, 0.25) is 0 Å². The predicted octanol–water partition coefficient (Wildman–Crippen LogP) is 1.27. The van der Waals surface area contributed by atoms with E-state index in [4.69, 9.17) is 4.74 Å². The zero-order valence-electron chi connectivity index (χ0n) is 8.83. The summed E-state index contributed by atoms with van der Waals surface area (Å²) in [6, 6.07) is 3.36. The van der Waals surface area contributed by atoms with Crippen LogP contribution >= 0.6 is 0 Å². The molecular formula is C10H12N2O3. The monoisotopic (exact) mass is 208 g/mol. The van der Waals surface area contributed by atoms with Gasteiger partial charge in [0.25, 0.3) is 0 Å². The molecule has 0 spiro atoms. The Labute approximate surface area is 87.5 Å². The van der Waals surface area contributed by atoms with E-state index in [1.807, 2.05) is 0 Å². The van der Waals surface area contributed by atoms with E-state index in [1.54, 1.807) is 19.1 Å². The number of carbonyl (C=O) groups excluding carboxylic acids is 2. The number of esters is 1. The molecule has 1 amide bonds. The van der Waals surface area contributed by atoms with E-state index in [2.05, 4.69) is 10.3 Å². The zero-order valence-corrected chi connectivity index (χ0v) is 8.83. The van der Waals surface area contributed by atoms with Crippen LogP contribution in [-0.2, 0) is 9.59 Å². The summed E-state index contributed by atoms with van der Waals surface area (Å²) < 4.78 is 4.87. The molecule has 0 saturated heterocycles. The van der Waals surface area contributed by atoms with Crippen LogP contribution in [0.1, 0.15) is 19.4 Å². The third kappa shape index (κ3) is 3.38. The molecule has 0 atom stereocenters. The second kappa shape index (κ2) is 4.54. The average molecular weight is 208 g/mol. The SMILES string of the molecule is CC(=O)Nc1ccc(C)c(OC(C)=O)n1. The molecule has 0 aliphatic heterocycles. The van der Waals surface area contributed by atoms with Gasteiger partial charge in [0.15, 0.2) is 0 Å². The van der Waals surface area contributed by atoms with Gasteiger partial charge in [0.2, 0.25) is 11.8 Å². The molecule has 1 rings (SSSR count). The van der Waals surface area contributed by atoms with Crippen molar-refractivity contribution in [3.05, 3.63) is 17.7 Å². The summed E-state index contributed by atoms with van der Waals surface area (Å²) in [7, 11) is 0. The molecule has 15 heavy (non-hydrogen) atoms. The normalized spacial score (nSPS) is 9.53. The molecule has 0 fully saturated rings. The molecule has 5 heteroatoms. The number of rotatable bonds is 2. The molecule has 1 aromatic rings. The van der Waals surface area contributed by atoms with E-state index in [0.717, 1.165) is 5.56 Å². The maximum atomic E-state index is 10.8. The number of pyridine rings is 1. The Bertz CT molecular complexity index is 402. The highest BCUT2D eigenvalue weighted by atomic mass is 16.5. The van der Waals surface area contributed by atoms with Crippen LogP contribution in [0.5, 0.6) is 5.88 Å². The van der Waals surface area contributed by atoms with Crippen LogP contribution in [0, 0.1) is 6.92 Å². The fourth-order valence-corrected chi connectivity index (χ4v) is 0.999. The third-order valence-electron chi connectivity index (χ3n) is 1.60. The van der Waals surface area contributed by atoms with Crippen LogP contribution in [0.3, 0.4) is 0 Å². The fraction of sp³-hybridized carbons (Fsp3) is 0.300. The van der Waals surface area contributed by atoms with Crippen molar-refractivity contribution in [2.75, 3.05) is 5.32 Å². The van der Waals surface area contributed by atoms with E-state index in [-0.39, 0.29) is 11.8 Å². The first kappa shape index (κ1) is 11.2. The Morgan fingerprint density at radius 3 is 2.53 bits per heavy atom. The predicted molar refractivity (Wildman–Crippen MR) is 54.6 cm³/mol. The van der Waals surface area contributed by atoms with E-state index in [9.17, 15) is 9.59 Å². The molecule has 80 valence electrons. The van der Waals surface area contributed by atoms with Gasteiger partial charge in [-0.1, -0.05) is 6.07 Å². The smallest absolute Gasteiger partial charge is 0.309 e. The number of aryl methyl sites for hydroxylation is 1. The van der Waals surface area contributed by atoms with Gasteiger partial charge in [-0.05, 0) is 13.0 Å². The summed E-state index contributed by atoms with van der Waals surface area (Å²) in [5, 5.41) is 2.50. The molecule has 0 radical (unpaired) electrons. The quantitative estimate of drug-likeness (QED) is 0.743. The molecular weight excluding hydrogens is 196 g/mol. The van der Waals surface area contributed by atoms with E-state index in [1.165, 1.54) is 13.8 Å². The molecule has 0 aliphatic carbocycles. The summed E-state index contributed by atoms with van der Waals surface area (Å²) >= 11 is 0. The molecule has 5 nitrogen and oxygen atoms in total. The van der Waals surface area contributed by atoms with Gasteiger partial charge in [0, 0.05) is 19.4 Å². The summed E-state index contributed by atoms with van der Waals surface area (Å²) in [4.78, 5) is 25.5. The molecule has 1 N–H and O–H groups in total. The zero-order chi connectivity index (χ0) is 11.4. The van der Waals surface area contributed by atoms with Crippen LogP contribution in [0.4, 0.5) is 5.82 Å². The Morgan fingerprint density at radius 2 is 2.00 bits per heavy atom. The second-order valence-electron chi connectivity index (χ2n) is 3.09. The lowest BCUT2D eigenvalue weighted by atomic mass is 10.3. The van der Waals surface area contributed by atoms with Gasteiger partial charge in [0.1, 0.15) is 5.82 Å². The molecule has 0 aliphatic rings. The van der Waals surface area contributed by atoms with Crippen LogP contribution < -0.4 is 10.1 Å². The van der Waals surface area contributed by atoms with Gasteiger partial charge in [-0.2, -0.15) is 4.98 Å². The second-order valence-corrected chi connectivity index (χ2v) is 3.09. The van der Waals surface area contributed by atoms with Crippen molar-refractivity contribution in [2.24, 2.45) is 0 Å². The standard InChI is InChI=1S/C10H12N2O3/c1-6-4-5-9(11-7(2)13)12-10(6)15-8(3)14/h4-5H,1-3H3,(H,11,12,13). The minimum Gasteiger partial charge on any atom is -0.407 e. The van der Waals surface area contributed by atoms with Crippen molar-refractivity contribution < 1.29 is 14.3 Å².